The van der Waals surface area contributed by atoms with Gasteiger partial charge in [-0.3, -0.25) is 47.9 Å². The molecule has 0 radical (unpaired) electrons. The van der Waals surface area contributed by atoms with Crippen molar-refractivity contribution in [3.63, 3.8) is 0 Å². The Kier molecular flexibility index (Phi) is 22.5. The second kappa shape index (κ2) is 29.3. The highest BCUT2D eigenvalue weighted by Crippen LogP contribution is 2.32. The van der Waals surface area contributed by atoms with Crippen molar-refractivity contribution in [1.82, 2.24) is 51.1 Å². The molecule has 0 spiro atoms. The lowest BCUT2D eigenvalue weighted by atomic mass is 9.95. The summed E-state index contributed by atoms with van der Waals surface area (Å²) in [5.74, 6) is -10.7. The molecule has 26 nitrogen and oxygen atoms in total. The maximum Gasteiger partial charge on any atom is 0.328 e. The number of likely N-dealkylation sites (N-methyl/N-ethyl adjacent to an activating group) is 1. The number of cyclic esters (lactones) is 1. The van der Waals surface area contributed by atoms with Crippen LogP contribution in [0.1, 0.15) is 98.1 Å². The van der Waals surface area contributed by atoms with Crippen LogP contribution in [0.2, 0.25) is 0 Å². The van der Waals surface area contributed by atoms with Gasteiger partial charge in [-0.15, -0.1) is 0 Å². The number of phenols is 1. The van der Waals surface area contributed by atoms with Crippen LogP contribution in [0.5, 0.6) is 5.75 Å². The zero-order valence-electron chi connectivity index (χ0n) is 50.8. The molecule has 0 aromatic heterocycles. The van der Waals surface area contributed by atoms with Crippen molar-refractivity contribution in [2.24, 2.45) is 23.7 Å². The Morgan fingerprint density at radius 3 is 1.74 bits per heavy atom. The number of aliphatic hydroxyl groups excluding tert-OH is 3. The fourth-order valence-electron chi connectivity index (χ4n) is 12.3. The van der Waals surface area contributed by atoms with Crippen molar-refractivity contribution in [1.29, 1.82) is 0 Å². The number of hydrogen-bond donors (Lipinski definition) is 9. The molecule has 476 valence electrons. The van der Waals surface area contributed by atoms with Crippen LogP contribution in [0.3, 0.4) is 0 Å². The average molecular weight is 1220 g/mol. The van der Waals surface area contributed by atoms with E-state index in [1.54, 1.807) is 58.0 Å². The van der Waals surface area contributed by atoms with Crippen molar-refractivity contribution in [2.45, 2.75) is 172 Å². The quantitative estimate of drug-likeness (QED) is 0.109. The molecule has 10 amide bonds. The van der Waals surface area contributed by atoms with Gasteiger partial charge in [-0.05, 0) is 66.2 Å². The number of fused-ring (bicyclic) bond motifs is 4. The Morgan fingerprint density at radius 1 is 0.644 bits per heavy atom. The third-order valence-electron chi connectivity index (χ3n) is 17.3. The number of aromatic hydroxyl groups is 1. The molecular weight excluding hydrogens is 1130 g/mol. The van der Waals surface area contributed by atoms with Crippen molar-refractivity contribution in [3.05, 3.63) is 65.7 Å². The molecule has 0 bridgehead atoms. The number of rotatable bonds is 12. The van der Waals surface area contributed by atoms with E-state index in [9.17, 15) is 68.4 Å². The molecule has 5 aliphatic heterocycles. The molecule has 5 heterocycles. The van der Waals surface area contributed by atoms with Gasteiger partial charge in [0.1, 0.15) is 72.8 Å². The summed E-state index contributed by atoms with van der Waals surface area (Å²) < 4.78 is 5.93. The predicted molar refractivity (Wildman–Crippen MR) is 312 cm³/mol. The van der Waals surface area contributed by atoms with Gasteiger partial charge in [0.05, 0.1) is 18.8 Å². The minimum Gasteiger partial charge on any atom is -0.508 e. The van der Waals surface area contributed by atoms with Crippen molar-refractivity contribution < 1.29 is 77.9 Å². The highest BCUT2D eigenvalue weighted by Gasteiger charge is 2.51. The number of benzene rings is 2. The fourth-order valence-corrected chi connectivity index (χ4v) is 12.3. The molecule has 9 N–H and O–H groups in total. The van der Waals surface area contributed by atoms with Gasteiger partial charge in [-0.25, -0.2) is 4.79 Å². The summed E-state index contributed by atoms with van der Waals surface area (Å²) in [6, 6.07) is 0.222. The van der Waals surface area contributed by atoms with Gasteiger partial charge < -0.3 is 76.2 Å². The number of esters is 1. The average Bonchev–Trinajstić information content (AvgIpc) is 1.98. The third kappa shape index (κ3) is 16.3. The normalized spacial score (nSPS) is 30.0. The maximum atomic E-state index is 15.2. The summed E-state index contributed by atoms with van der Waals surface area (Å²) in [4.78, 5) is 166. The summed E-state index contributed by atoms with van der Waals surface area (Å²) in [7, 11) is 1.42. The van der Waals surface area contributed by atoms with Crippen LogP contribution in [-0.4, -0.2) is 229 Å². The van der Waals surface area contributed by atoms with Crippen molar-refractivity contribution in [3.8, 4) is 5.75 Å². The molecule has 2 unspecified atom stereocenters. The lowest BCUT2D eigenvalue weighted by molar-refractivity contribution is -0.158. The molecule has 5 aliphatic rings. The van der Waals surface area contributed by atoms with E-state index in [1.165, 1.54) is 52.9 Å². The highest BCUT2D eigenvalue weighted by molar-refractivity contribution is 6.00. The molecule has 0 aliphatic carbocycles. The Labute approximate surface area is 506 Å². The SMILES string of the molecule is CC[C@H](C)[C@@H]1NC(=O)[C@@H](CC(C)C)NC(=O)[C@@H]2C[C@H](C)CN2C(=O)C(NC(=O)[C@H](Cc2ccccc2)N(C)C(C)=O)COC(=O)[C@@H]2C[C@H](C)CN2C(=O)[C@@H]2C[C@@H](O)CN2C(=O)[C@@H]2C[C@@H](O)CN2C(=O)C(CO)NC(=O)[C@H](Cc2ccc(O)cc2)NC1=O. The molecule has 2 aromatic rings. The Hall–Kier alpha value is -7.71. The van der Waals surface area contributed by atoms with Gasteiger partial charge in [0.25, 0.3) is 0 Å². The number of amides is 10. The van der Waals surface area contributed by atoms with Crippen LogP contribution < -0.4 is 26.6 Å². The number of nitrogens with zero attached hydrogens (tertiary/aromatic N) is 5. The molecule has 5 saturated heterocycles. The summed E-state index contributed by atoms with van der Waals surface area (Å²) in [6.45, 7) is 9.20. The fraction of sp³-hybridized carbons (Fsp3) is 0.623. The molecule has 2 aromatic carbocycles. The molecular formula is C61H86N10O16. The van der Waals surface area contributed by atoms with Crippen LogP contribution >= 0.6 is 0 Å². The summed E-state index contributed by atoms with van der Waals surface area (Å²) in [5.41, 5.74) is 1.11. The van der Waals surface area contributed by atoms with Crippen LogP contribution in [-0.2, 0) is 70.3 Å². The number of nitrogens with one attached hydrogen (secondary N) is 5. The first-order valence-electron chi connectivity index (χ1n) is 30.1. The number of hydrogen-bond acceptors (Lipinski definition) is 16. The standard InChI is InChI=1S/C61H86N10O16/c1-9-35(6)51-56(81)63-43(22-38-15-17-39(74)18-16-38)52(77)64-44(30-72)57(82)70-28-40(75)24-48(70)60(85)71-29-41(76)25-49(71)59(84)69-27-34(5)21-50(69)61(86)87-31-45(65-54(79)46(67(8)36(7)73)23-37-13-11-10-12-14-37)58(83)68-26-33(4)20-47(68)55(80)62-42(19-32(2)3)53(78)66-51/h10-18,32-35,40-51,72,74-76H,9,19-31H2,1-8H3,(H,62,80)(H,63,81)(H,64,77)(H,65,79)(H,66,78)/t33-,34-,35-,40+,41+,42+,43-,44?,45?,46-,47-,48-,49-,50-,51-/m0/s1. The lowest BCUT2D eigenvalue weighted by Gasteiger charge is -2.35. The second-order valence-electron chi connectivity index (χ2n) is 24.8. The largest absolute Gasteiger partial charge is 0.508 e. The highest BCUT2D eigenvalue weighted by atomic mass is 16.5. The third-order valence-corrected chi connectivity index (χ3v) is 17.3. The van der Waals surface area contributed by atoms with E-state index >= 15 is 4.79 Å². The predicted octanol–water partition coefficient (Wildman–Crippen LogP) is -1.51. The van der Waals surface area contributed by atoms with Crippen LogP contribution in [0.15, 0.2) is 54.6 Å². The molecule has 0 saturated carbocycles. The second-order valence-corrected chi connectivity index (χ2v) is 24.8. The Morgan fingerprint density at radius 2 is 1.17 bits per heavy atom. The van der Waals surface area contributed by atoms with Crippen LogP contribution in [0.25, 0.3) is 0 Å². The topological polar surface area (TPSA) is 354 Å². The zero-order chi connectivity index (χ0) is 63.7. The van der Waals surface area contributed by atoms with Gasteiger partial charge in [0.2, 0.25) is 59.1 Å². The van der Waals surface area contributed by atoms with Crippen molar-refractivity contribution >= 4 is 65.0 Å². The van der Waals surface area contributed by atoms with E-state index < -0.39 is 163 Å². The number of aliphatic hydroxyl groups is 3. The van der Waals surface area contributed by atoms with E-state index in [4.69, 9.17) is 4.74 Å². The summed E-state index contributed by atoms with van der Waals surface area (Å²) in [6.07, 6.45) is -2.89. The first kappa shape index (κ1) is 66.8. The summed E-state index contributed by atoms with van der Waals surface area (Å²) >= 11 is 0. The van der Waals surface area contributed by atoms with Crippen molar-refractivity contribution in [2.75, 3.05) is 46.4 Å². The number of ether oxygens (including phenoxy) is 1. The lowest BCUT2D eigenvalue weighted by Crippen LogP contribution is -2.62. The smallest absolute Gasteiger partial charge is 0.328 e. The van der Waals surface area contributed by atoms with E-state index in [0.29, 0.717) is 17.5 Å². The maximum absolute atomic E-state index is 15.2. The first-order chi connectivity index (χ1) is 41.2. The molecule has 26 heteroatoms. The Balaban J connectivity index is 1.29. The minimum atomic E-state index is -1.77. The van der Waals surface area contributed by atoms with Gasteiger partial charge in [-0.2, -0.15) is 0 Å². The van der Waals surface area contributed by atoms with Gasteiger partial charge >= 0.3 is 5.97 Å². The van der Waals surface area contributed by atoms with E-state index in [1.807, 2.05) is 13.8 Å². The van der Waals surface area contributed by atoms with Gasteiger partial charge in [0.15, 0.2) is 0 Å². The van der Waals surface area contributed by atoms with Crippen LogP contribution in [0, 0.1) is 23.7 Å². The van der Waals surface area contributed by atoms with E-state index in [0.717, 1.165) is 9.80 Å². The van der Waals surface area contributed by atoms with E-state index in [-0.39, 0.29) is 88.1 Å². The number of carbonyl (C=O) groups is 11. The number of carbonyl (C=O) groups excluding carboxylic acids is 11. The summed E-state index contributed by atoms with van der Waals surface area (Å²) in [5, 5.41) is 56.5. The van der Waals surface area contributed by atoms with Gasteiger partial charge in [-0.1, -0.05) is 90.4 Å². The molecule has 15 atom stereocenters. The molecule has 7 rings (SSSR count). The number of phenolic OH excluding ortho intramolecular Hbond substituents is 1. The van der Waals surface area contributed by atoms with E-state index in [2.05, 4.69) is 26.6 Å². The Bertz CT molecular complexity index is 2860. The minimum absolute atomic E-state index is 0.00900. The first-order valence-corrected chi connectivity index (χ1v) is 30.1. The van der Waals surface area contributed by atoms with Crippen LogP contribution in [0.4, 0.5) is 0 Å². The zero-order valence-corrected chi connectivity index (χ0v) is 50.8. The monoisotopic (exact) mass is 1210 g/mol. The van der Waals surface area contributed by atoms with Gasteiger partial charge in [0, 0.05) is 65.8 Å². The molecule has 87 heavy (non-hydrogen) atoms. The molecule has 5 fully saturated rings.